The van der Waals surface area contributed by atoms with Crippen molar-refractivity contribution in [1.29, 1.82) is 0 Å². The monoisotopic (exact) mass is 699 g/mol. The minimum atomic E-state index is -4.18. The second kappa shape index (κ2) is 14.3. The van der Waals surface area contributed by atoms with E-state index in [1.165, 1.54) is 12.1 Å². The first-order valence-corrected chi connectivity index (χ1v) is 18.4. The van der Waals surface area contributed by atoms with Gasteiger partial charge in [-0.25, -0.2) is 28.1 Å². The Hall–Kier alpha value is -4.62. The van der Waals surface area contributed by atoms with Gasteiger partial charge in [0.25, 0.3) is 15.9 Å². The van der Waals surface area contributed by atoms with Crippen LogP contribution in [0.25, 0.3) is 11.3 Å². The van der Waals surface area contributed by atoms with Gasteiger partial charge >= 0.3 is 0 Å². The Balaban J connectivity index is 1.42. The number of benzene rings is 2. The van der Waals surface area contributed by atoms with E-state index in [9.17, 15) is 13.2 Å². The number of rotatable bonds is 7. The Labute approximate surface area is 294 Å². The molecule has 1 amide bonds. The van der Waals surface area contributed by atoms with Gasteiger partial charge in [-0.15, -0.1) is 0 Å². The standard InChI is InChI=1S/C37H45N7O5S/c1-24-10-7-11-25(2)34(24)31-17-33-41-36(40-31)42-50(46,47)30-14-8-12-26(16-30)35(45)44(28(23-49-33)18-37(3,4)5)21-32-38-19-29(20-39-32)43-15-9-13-27(43)22-48-6/h7-8,10-12,14,16-17,19-20,27-28H,9,13,15,18,21-23H2,1-6H3,(H,40,41,42)/t27-,28-/m1/s1. The van der Waals surface area contributed by atoms with Gasteiger partial charge < -0.3 is 19.3 Å². The maximum absolute atomic E-state index is 14.5. The van der Waals surface area contributed by atoms with Gasteiger partial charge in [-0.05, 0) is 67.9 Å². The maximum Gasteiger partial charge on any atom is 0.264 e. The van der Waals surface area contributed by atoms with Crippen LogP contribution in [0.3, 0.4) is 0 Å². The van der Waals surface area contributed by atoms with Crippen molar-refractivity contribution in [3.63, 3.8) is 0 Å². The van der Waals surface area contributed by atoms with Crippen molar-refractivity contribution in [3.8, 4) is 17.1 Å². The lowest BCUT2D eigenvalue weighted by atomic mass is 9.87. The molecular formula is C37H45N7O5S. The summed E-state index contributed by atoms with van der Waals surface area (Å²) in [7, 11) is -2.47. The van der Waals surface area contributed by atoms with Crippen LogP contribution in [0.2, 0.25) is 0 Å². The summed E-state index contributed by atoms with van der Waals surface area (Å²) in [4.78, 5) is 36.8. The molecule has 0 unspecified atom stereocenters. The Morgan fingerprint density at radius 1 is 1.00 bits per heavy atom. The van der Waals surface area contributed by atoms with Crippen molar-refractivity contribution in [2.45, 2.75) is 77.4 Å². The second-order valence-corrected chi connectivity index (χ2v) is 16.0. The summed E-state index contributed by atoms with van der Waals surface area (Å²) < 4.78 is 41.7. The highest BCUT2D eigenvalue weighted by Crippen LogP contribution is 2.32. The van der Waals surface area contributed by atoms with Gasteiger partial charge in [-0.2, -0.15) is 4.98 Å². The quantitative estimate of drug-likeness (QED) is 0.252. The Morgan fingerprint density at radius 2 is 1.72 bits per heavy atom. The molecule has 0 aliphatic carbocycles. The average molecular weight is 700 g/mol. The lowest BCUT2D eigenvalue weighted by Gasteiger charge is -2.35. The van der Waals surface area contributed by atoms with E-state index in [0.29, 0.717) is 24.5 Å². The van der Waals surface area contributed by atoms with Gasteiger partial charge in [-0.1, -0.05) is 45.0 Å². The van der Waals surface area contributed by atoms with E-state index in [2.05, 4.69) is 40.4 Å². The van der Waals surface area contributed by atoms with Crippen molar-refractivity contribution in [3.05, 3.63) is 83.4 Å². The topological polar surface area (TPSA) is 140 Å². The Bertz CT molecular complexity index is 1940. The first-order chi connectivity index (χ1) is 23.8. The number of carbonyl (C=O) groups excluding carboxylic acids is 1. The van der Waals surface area contributed by atoms with Crippen LogP contribution >= 0.6 is 0 Å². The normalized spacial score (nSPS) is 19.2. The molecule has 13 heteroatoms. The molecule has 0 spiro atoms. The molecule has 2 aromatic carbocycles. The van der Waals surface area contributed by atoms with E-state index in [4.69, 9.17) is 19.4 Å². The minimum absolute atomic E-state index is 0.0859. The highest BCUT2D eigenvalue weighted by atomic mass is 32.2. The van der Waals surface area contributed by atoms with Gasteiger partial charge in [0.2, 0.25) is 11.8 Å². The number of hydrogen-bond donors (Lipinski definition) is 1. The molecule has 0 radical (unpaired) electrons. The SMILES string of the molecule is COC[C@H]1CCCN1c1cnc(CN2C(=O)c3cccc(c3)S(=O)(=O)Nc3nc(cc(-c4c(C)cccc4C)n3)OC[C@H]2CC(C)(C)C)nc1. The van der Waals surface area contributed by atoms with Crippen LogP contribution in [0.4, 0.5) is 11.6 Å². The largest absolute Gasteiger partial charge is 0.475 e. The zero-order valence-electron chi connectivity index (χ0n) is 29.5. The fourth-order valence-corrected chi connectivity index (χ4v) is 7.81. The number of carbonyl (C=O) groups is 1. The third-order valence-corrected chi connectivity index (χ3v) is 10.4. The number of ether oxygens (including phenoxy) is 2. The van der Waals surface area contributed by atoms with Gasteiger partial charge in [0.15, 0.2) is 0 Å². The summed E-state index contributed by atoms with van der Waals surface area (Å²) in [6.07, 6.45) is 6.27. The summed E-state index contributed by atoms with van der Waals surface area (Å²) in [5.41, 5.74) is 4.24. The smallest absolute Gasteiger partial charge is 0.264 e. The molecule has 4 bridgehead atoms. The molecule has 1 N–H and O–H groups in total. The van der Waals surface area contributed by atoms with Crippen LogP contribution < -0.4 is 14.4 Å². The number of aromatic nitrogens is 4. The van der Waals surface area contributed by atoms with Gasteiger partial charge in [0, 0.05) is 30.8 Å². The van der Waals surface area contributed by atoms with Gasteiger partial charge in [-0.3, -0.25) is 4.79 Å². The molecule has 1 saturated heterocycles. The van der Waals surface area contributed by atoms with Crippen molar-refractivity contribution >= 4 is 27.6 Å². The number of methoxy groups -OCH3 is 1. The number of nitrogens with one attached hydrogen (secondary N) is 1. The molecule has 4 heterocycles. The maximum atomic E-state index is 14.5. The average Bonchev–Trinajstić information content (AvgIpc) is 3.53. The summed E-state index contributed by atoms with van der Waals surface area (Å²) in [6, 6.07) is 13.4. The lowest BCUT2D eigenvalue weighted by Crippen LogP contribution is -2.45. The van der Waals surface area contributed by atoms with E-state index in [-0.39, 0.29) is 52.8 Å². The summed E-state index contributed by atoms with van der Waals surface area (Å²) >= 11 is 0. The third kappa shape index (κ3) is 7.89. The van der Waals surface area contributed by atoms with Gasteiger partial charge in [0.05, 0.1) is 53.9 Å². The van der Waals surface area contributed by atoms with Crippen LogP contribution in [0.1, 0.15) is 67.3 Å². The number of hydrogen-bond acceptors (Lipinski definition) is 10. The van der Waals surface area contributed by atoms with Crippen molar-refractivity contribution in [1.82, 2.24) is 24.8 Å². The molecule has 0 saturated carbocycles. The predicted molar refractivity (Wildman–Crippen MR) is 192 cm³/mol. The fourth-order valence-electron chi connectivity index (χ4n) is 6.82. The predicted octanol–water partition coefficient (Wildman–Crippen LogP) is 5.81. The highest BCUT2D eigenvalue weighted by Gasteiger charge is 2.32. The highest BCUT2D eigenvalue weighted by molar-refractivity contribution is 7.92. The van der Waals surface area contributed by atoms with Crippen LogP contribution in [0.15, 0.2) is 65.8 Å². The molecular weight excluding hydrogens is 655 g/mol. The first kappa shape index (κ1) is 35.2. The van der Waals surface area contributed by atoms with Crippen LogP contribution in [0.5, 0.6) is 5.88 Å². The molecule has 4 aromatic rings. The Morgan fingerprint density at radius 3 is 2.42 bits per heavy atom. The number of amides is 1. The van der Waals surface area contributed by atoms with Crippen molar-refractivity contribution < 1.29 is 22.7 Å². The molecule has 2 atom stereocenters. The number of fused-ring (bicyclic) bond motifs is 4. The number of aryl methyl sites for hydroxylation is 2. The van der Waals surface area contributed by atoms with E-state index >= 15 is 0 Å². The lowest BCUT2D eigenvalue weighted by molar-refractivity contribution is 0.0505. The number of sulfonamides is 1. The van der Waals surface area contributed by atoms with Gasteiger partial charge in [0.1, 0.15) is 12.4 Å². The minimum Gasteiger partial charge on any atom is -0.475 e. The summed E-state index contributed by atoms with van der Waals surface area (Å²) in [5, 5.41) is 0. The molecule has 2 aliphatic rings. The number of anilines is 2. The third-order valence-electron chi connectivity index (χ3n) is 9.10. The van der Waals surface area contributed by atoms with Crippen molar-refractivity contribution in [2.24, 2.45) is 5.41 Å². The molecule has 12 nitrogen and oxygen atoms in total. The van der Waals surface area contributed by atoms with Crippen LogP contribution in [-0.4, -0.2) is 78.1 Å². The van der Waals surface area contributed by atoms with Crippen LogP contribution in [-0.2, 0) is 21.3 Å². The first-order valence-electron chi connectivity index (χ1n) is 16.9. The molecule has 50 heavy (non-hydrogen) atoms. The summed E-state index contributed by atoms with van der Waals surface area (Å²) in [6.45, 7) is 12.0. The molecule has 6 rings (SSSR count). The molecule has 1 fully saturated rings. The van der Waals surface area contributed by atoms with E-state index in [0.717, 1.165) is 41.8 Å². The Kier molecular flexibility index (Phi) is 10.1. The molecule has 264 valence electrons. The zero-order valence-corrected chi connectivity index (χ0v) is 30.3. The second-order valence-electron chi connectivity index (χ2n) is 14.3. The van der Waals surface area contributed by atoms with Crippen molar-refractivity contribution in [2.75, 3.05) is 36.5 Å². The zero-order chi connectivity index (χ0) is 35.6. The summed E-state index contributed by atoms with van der Waals surface area (Å²) in [5.74, 6) is 0.157. The van der Waals surface area contributed by atoms with E-state index < -0.39 is 16.1 Å². The fraction of sp³-hybridized carbons (Fsp3) is 0.432. The van der Waals surface area contributed by atoms with E-state index in [1.54, 1.807) is 42.6 Å². The van der Waals surface area contributed by atoms with E-state index in [1.807, 2.05) is 32.0 Å². The molecule has 2 aliphatic heterocycles. The van der Waals surface area contributed by atoms with Crippen LogP contribution in [0, 0.1) is 19.3 Å². The number of nitrogens with zero attached hydrogens (tertiary/aromatic N) is 6. The molecule has 2 aromatic heterocycles.